The Hall–Kier alpha value is -3.79. The highest BCUT2D eigenvalue weighted by atomic mass is 32.2. The minimum absolute atomic E-state index is 0.00901. The molecule has 0 fully saturated rings. The second kappa shape index (κ2) is 7.45. The number of aromatic hydroxyl groups is 2. The number of sulfonamides is 1. The number of hydrogen-bond acceptors (Lipinski definition) is 6. The molecule has 144 valence electrons. The van der Waals surface area contributed by atoms with Crippen LogP contribution in [0.5, 0.6) is 11.5 Å². The quantitative estimate of drug-likeness (QED) is 0.325. The fraction of sp³-hybridized carbons (Fsp3) is 0. The van der Waals surface area contributed by atoms with Crippen molar-refractivity contribution in [3.8, 4) is 11.5 Å². The molecule has 9 nitrogen and oxygen atoms in total. The lowest BCUT2D eigenvalue weighted by atomic mass is 10.2. The summed E-state index contributed by atoms with van der Waals surface area (Å²) in [5.41, 5.74) is -0.624. The second-order valence-electron chi connectivity index (χ2n) is 5.72. The fourth-order valence-electron chi connectivity index (χ4n) is 2.34. The molecule has 2 aromatic carbocycles. The van der Waals surface area contributed by atoms with Gasteiger partial charge in [0.15, 0.2) is 11.5 Å². The van der Waals surface area contributed by atoms with Gasteiger partial charge in [-0.1, -0.05) is 18.2 Å². The van der Waals surface area contributed by atoms with Crippen LogP contribution in [0.25, 0.3) is 0 Å². The van der Waals surface area contributed by atoms with Crippen LogP contribution in [0.4, 0.5) is 11.5 Å². The Morgan fingerprint density at radius 3 is 2.32 bits per heavy atom. The molecule has 0 aliphatic rings. The first-order valence-electron chi connectivity index (χ1n) is 7.90. The molecular formula is C18H15N3O6S. The molecule has 5 N–H and O–H groups in total. The van der Waals surface area contributed by atoms with Gasteiger partial charge in [-0.15, -0.1) is 0 Å². The van der Waals surface area contributed by atoms with Crippen LogP contribution >= 0.6 is 0 Å². The zero-order chi connectivity index (χ0) is 20.3. The minimum atomic E-state index is -3.95. The summed E-state index contributed by atoms with van der Waals surface area (Å²) in [6, 6.07) is 13.3. The molecule has 28 heavy (non-hydrogen) atoms. The van der Waals surface area contributed by atoms with Crippen molar-refractivity contribution in [3.05, 3.63) is 76.6 Å². The molecule has 0 aliphatic heterocycles. The van der Waals surface area contributed by atoms with E-state index >= 15 is 0 Å². The van der Waals surface area contributed by atoms with Crippen molar-refractivity contribution in [3.63, 3.8) is 0 Å². The molecule has 3 rings (SSSR count). The Balaban J connectivity index is 1.86. The average Bonchev–Trinajstić information content (AvgIpc) is 2.64. The third kappa shape index (κ3) is 4.30. The number of carbonyl (C=O) groups is 1. The highest BCUT2D eigenvalue weighted by Gasteiger charge is 2.16. The lowest BCUT2D eigenvalue weighted by Crippen LogP contribution is -2.20. The summed E-state index contributed by atoms with van der Waals surface area (Å²) >= 11 is 0. The number of nitrogens with one attached hydrogen (secondary N) is 3. The molecule has 0 atom stereocenters. The standard InChI is InChI=1S/C18H15N3O6S/c22-14-7-6-12(10-15(14)23)19-18(25)11-8-16(20-17(24)9-11)21-28(26,27)13-4-2-1-3-5-13/h1-10,22-23H,(H,19,25)(H2,20,21,24). The van der Waals surface area contributed by atoms with Gasteiger partial charge in [-0.3, -0.25) is 14.3 Å². The lowest BCUT2D eigenvalue weighted by Gasteiger charge is -2.10. The van der Waals surface area contributed by atoms with Gasteiger partial charge in [-0.05, 0) is 30.3 Å². The summed E-state index contributed by atoms with van der Waals surface area (Å²) < 4.78 is 27.0. The third-order valence-electron chi connectivity index (χ3n) is 3.64. The van der Waals surface area contributed by atoms with Crippen molar-refractivity contribution >= 4 is 27.4 Å². The zero-order valence-electron chi connectivity index (χ0n) is 14.2. The normalized spacial score (nSPS) is 11.0. The summed E-state index contributed by atoms with van der Waals surface area (Å²) in [6.07, 6.45) is 0. The number of benzene rings is 2. The SMILES string of the molecule is O=C(Nc1ccc(O)c(O)c1)c1cc(NS(=O)(=O)c2ccccc2)[nH]c(=O)c1. The average molecular weight is 401 g/mol. The molecule has 1 heterocycles. The first kappa shape index (κ1) is 19.0. The van der Waals surface area contributed by atoms with Gasteiger partial charge < -0.3 is 20.5 Å². The van der Waals surface area contributed by atoms with Gasteiger partial charge in [-0.25, -0.2) is 8.42 Å². The van der Waals surface area contributed by atoms with Crippen molar-refractivity contribution in [2.45, 2.75) is 4.90 Å². The van der Waals surface area contributed by atoms with E-state index in [0.717, 1.165) is 18.2 Å². The van der Waals surface area contributed by atoms with Gasteiger partial charge in [0.1, 0.15) is 5.82 Å². The second-order valence-corrected chi connectivity index (χ2v) is 7.41. The van der Waals surface area contributed by atoms with Crippen LogP contribution < -0.4 is 15.6 Å². The number of aromatic amines is 1. The summed E-state index contributed by atoms with van der Waals surface area (Å²) in [6.45, 7) is 0. The molecule has 0 saturated carbocycles. The van der Waals surface area contributed by atoms with Crippen LogP contribution in [-0.4, -0.2) is 29.5 Å². The Morgan fingerprint density at radius 2 is 1.64 bits per heavy atom. The van der Waals surface area contributed by atoms with Gasteiger partial charge in [0.25, 0.3) is 15.9 Å². The number of anilines is 2. The fourth-order valence-corrected chi connectivity index (χ4v) is 3.37. The van der Waals surface area contributed by atoms with E-state index in [1.54, 1.807) is 18.2 Å². The van der Waals surface area contributed by atoms with Crippen LogP contribution in [0.1, 0.15) is 10.4 Å². The molecule has 0 spiro atoms. The Labute approximate surface area is 159 Å². The van der Waals surface area contributed by atoms with E-state index in [9.17, 15) is 28.2 Å². The van der Waals surface area contributed by atoms with Crippen molar-refractivity contribution in [1.82, 2.24) is 4.98 Å². The first-order valence-corrected chi connectivity index (χ1v) is 9.38. The number of rotatable bonds is 5. The van der Waals surface area contributed by atoms with E-state index in [1.165, 1.54) is 24.3 Å². The number of phenolic OH excluding ortho intramolecular Hbond substituents is 2. The van der Waals surface area contributed by atoms with Crippen LogP contribution in [0, 0.1) is 0 Å². The predicted molar refractivity (Wildman–Crippen MR) is 102 cm³/mol. The van der Waals surface area contributed by atoms with Crippen LogP contribution in [0.2, 0.25) is 0 Å². The van der Waals surface area contributed by atoms with Crippen LogP contribution in [0.3, 0.4) is 0 Å². The van der Waals surface area contributed by atoms with Gasteiger partial charge in [0, 0.05) is 23.4 Å². The predicted octanol–water partition coefficient (Wildman–Crippen LogP) is 1.84. The molecule has 0 saturated heterocycles. The van der Waals surface area contributed by atoms with Crippen molar-refractivity contribution in [2.75, 3.05) is 10.0 Å². The molecule has 1 aromatic heterocycles. The molecule has 1 amide bonds. The lowest BCUT2D eigenvalue weighted by molar-refractivity contribution is 0.102. The molecule has 0 bridgehead atoms. The monoisotopic (exact) mass is 401 g/mol. The van der Waals surface area contributed by atoms with E-state index in [2.05, 4.69) is 15.0 Å². The number of H-pyrrole nitrogens is 1. The molecule has 0 aliphatic carbocycles. The number of hydrogen-bond donors (Lipinski definition) is 5. The van der Waals surface area contributed by atoms with Gasteiger partial charge in [-0.2, -0.15) is 0 Å². The molecule has 0 radical (unpaired) electrons. The highest BCUT2D eigenvalue weighted by Crippen LogP contribution is 2.27. The van der Waals surface area contributed by atoms with Crippen molar-refractivity contribution in [2.24, 2.45) is 0 Å². The van der Waals surface area contributed by atoms with E-state index < -0.39 is 27.2 Å². The number of phenols is 2. The maximum atomic E-state index is 12.4. The minimum Gasteiger partial charge on any atom is -0.504 e. The van der Waals surface area contributed by atoms with Crippen molar-refractivity contribution < 1.29 is 23.4 Å². The third-order valence-corrected chi connectivity index (χ3v) is 5.02. The van der Waals surface area contributed by atoms with Gasteiger partial charge >= 0.3 is 0 Å². The maximum absolute atomic E-state index is 12.4. The topological polar surface area (TPSA) is 149 Å². The Morgan fingerprint density at radius 1 is 0.929 bits per heavy atom. The van der Waals surface area contributed by atoms with E-state index in [0.29, 0.717) is 0 Å². The summed E-state index contributed by atoms with van der Waals surface area (Å²) in [7, 11) is -3.95. The number of carbonyl (C=O) groups excluding carboxylic acids is 1. The van der Waals surface area contributed by atoms with Gasteiger partial charge in [0.2, 0.25) is 5.56 Å². The summed E-state index contributed by atoms with van der Waals surface area (Å²) in [4.78, 5) is 26.5. The van der Waals surface area contributed by atoms with Crippen LogP contribution in [-0.2, 0) is 10.0 Å². The first-order chi connectivity index (χ1) is 13.2. The smallest absolute Gasteiger partial charge is 0.262 e. The van der Waals surface area contributed by atoms with Gasteiger partial charge in [0.05, 0.1) is 4.90 Å². The van der Waals surface area contributed by atoms with E-state index in [4.69, 9.17) is 0 Å². The molecule has 3 aromatic rings. The van der Waals surface area contributed by atoms with Crippen LogP contribution in [0.15, 0.2) is 70.4 Å². The molecule has 10 heteroatoms. The molecule has 0 unspecified atom stereocenters. The Bertz CT molecular complexity index is 1190. The highest BCUT2D eigenvalue weighted by molar-refractivity contribution is 7.92. The number of pyridine rings is 1. The Kier molecular flexibility index (Phi) is 5.05. The van der Waals surface area contributed by atoms with E-state index in [1.807, 2.05) is 0 Å². The molecular weight excluding hydrogens is 386 g/mol. The number of aromatic nitrogens is 1. The maximum Gasteiger partial charge on any atom is 0.262 e. The zero-order valence-corrected chi connectivity index (χ0v) is 15.0. The number of amides is 1. The van der Waals surface area contributed by atoms with Crippen molar-refractivity contribution in [1.29, 1.82) is 0 Å². The summed E-state index contributed by atoms with van der Waals surface area (Å²) in [5.74, 6) is -1.68. The summed E-state index contributed by atoms with van der Waals surface area (Å²) in [5, 5.41) is 21.2. The largest absolute Gasteiger partial charge is 0.504 e. The van der Waals surface area contributed by atoms with E-state index in [-0.39, 0.29) is 27.7 Å².